The largest absolute Gasteiger partial charge is 0.268 e. The molecule has 0 saturated carbocycles. The second kappa shape index (κ2) is 5.50. The Balaban J connectivity index is 2.27. The predicted octanol–water partition coefficient (Wildman–Crippen LogP) is 4.18. The molecule has 1 aromatic carbocycles. The van der Waals surface area contributed by atoms with Gasteiger partial charge in [-0.3, -0.25) is 9.55 Å². The van der Waals surface area contributed by atoms with Gasteiger partial charge >= 0.3 is 0 Å². The normalized spacial score (nSPS) is 11.2. The molecule has 4 nitrogen and oxygen atoms in total. The fourth-order valence-electron chi connectivity index (χ4n) is 2.22. The Bertz CT molecular complexity index is 769. The van der Waals surface area contributed by atoms with Crippen molar-refractivity contribution in [2.24, 2.45) is 0 Å². The third kappa shape index (κ3) is 2.31. The molecule has 3 rings (SSSR count). The molecule has 0 unspecified atom stereocenters. The maximum Gasteiger partial charge on any atom is 0.229 e. The van der Waals surface area contributed by atoms with Crippen molar-refractivity contribution < 1.29 is 0 Å². The van der Waals surface area contributed by atoms with E-state index in [9.17, 15) is 0 Å². The fraction of sp³-hybridized carbons (Fsp3) is 0.214. The number of halogens is 2. The first-order valence-electron chi connectivity index (χ1n) is 6.35. The number of fused-ring (bicyclic) bond motifs is 1. The SMILES string of the molecule is CCCc1nnc(Cl)n1-c1cccc2cc(Br)cnc12. The van der Waals surface area contributed by atoms with Gasteiger partial charge in [0.05, 0.1) is 11.2 Å². The summed E-state index contributed by atoms with van der Waals surface area (Å²) in [5.41, 5.74) is 1.79. The van der Waals surface area contributed by atoms with Crippen LogP contribution in [0.4, 0.5) is 0 Å². The zero-order chi connectivity index (χ0) is 14.1. The molecule has 0 fully saturated rings. The van der Waals surface area contributed by atoms with E-state index in [4.69, 9.17) is 11.6 Å². The second-order valence-electron chi connectivity index (χ2n) is 4.47. The van der Waals surface area contributed by atoms with E-state index in [1.54, 1.807) is 6.20 Å². The van der Waals surface area contributed by atoms with Crippen LogP contribution in [0.2, 0.25) is 5.28 Å². The van der Waals surface area contributed by atoms with Crippen molar-refractivity contribution in [3.63, 3.8) is 0 Å². The minimum Gasteiger partial charge on any atom is -0.268 e. The average Bonchev–Trinajstić information content (AvgIpc) is 2.79. The first kappa shape index (κ1) is 13.5. The van der Waals surface area contributed by atoms with E-state index in [2.05, 4.69) is 38.0 Å². The number of hydrogen-bond donors (Lipinski definition) is 0. The van der Waals surface area contributed by atoms with Crippen molar-refractivity contribution in [2.45, 2.75) is 19.8 Å². The number of rotatable bonds is 3. The highest BCUT2D eigenvalue weighted by Gasteiger charge is 2.14. The van der Waals surface area contributed by atoms with Crippen molar-refractivity contribution in [3.05, 3.63) is 46.0 Å². The van der Waals surface area contributed by atoms with Crippen LogP contribution in [0, 0.1) is 0 Å². The highest BCUT2D eigenvalue weighted by Crippen LogP contribution is 2.26. The number of aromatic nitrogens is 4. The smallest absolute Gasteiger partial charge is 0.229 e. The molecule has 102 valence electrons. The van der Waals surface area contributed by atoms with Crippen LogP contribution < -0.4 is 0 Å². The van der Waals surface area contributed by atoms with Gasteiger partial charge in [0.2, 0.25) is 5.28 Å². The van der Waals surface area contributed by atoms with E-state index in [0.29, 0.717) is 5.28 Å². The average molecular weight is 352 g/mol. The molecule has 3 aromatic rings. The van der Waals surface area contributed by atoms with Gasteiger partial charge in [0.15, 0.2) is 0 Å². The van der Waals surface area contributed by atoms with Crippen molar-refractivity contribution in [2.75, 3.05) is 0 Å². The summed E-state index contributed by atoms with van der Waals surface area (Å²) < 4.78 is 2.82. The number of pyridine rings is 1. The van der Waals surface area contributed by atoms with Crippen LogP contribution in [0.15, 0.2) is 34.9 Å². The van der Waals surface area contributed by atoms with Crippen LogP contribution in [0.5, 0.6) is 0 Å². The first-order chi connectivity index (χ1) is 9.70. The van der Waals surface area contributed by atoms with Gasteiger partial charge < -0.3 is 0 Å². The summed E-state index contributed by atoms with van der Waals surface area (Å²) >= 11 is 9.64. The third-order valence-corrected chi connectivity index (χ3v) is 3.74. The highest BCUT2D eigenvalue weighted by atomic mass is 79.9. The Morgan fingerprint density at radius 2 is 2.15 bits per heavy atom. The summed E-state index contributed by atoms with van der Waals surface area (Å²) in [6.45, 7) is 2.10. The lowest BCUT2D eigenvalue weighted by Gasteiger charge is -2.10. The Labute approximate surface area is 129 Å². The molecule has 0 saturated heterocycles. The van der Waals surface area contributed by atoms with Crippen LogP contribution in [-0.4, -0.2) is 19.7 Å². The molecular formula is C14H12BrClN4. The predicted molar refractivity (Wildman–Crippen MR) is 83.4 cm³/mol. The zero-order valence-electron chi connectivity index (χ0n) is 10.8. The molecule has 0 aliphatic rings. The van der Waals surface area contributed by atoms with Crippen LogP contribution in [-0.2, 0) is 6.42 Å². The van der Waals surface area contributed by atoms with Gasteiger partial charge in [-0.2, -0.15) is 0 Å². The monoisotopic (exact) mass is 350 g/mol. The molecule has 0 bridgehead atoms. The molecule has 20 heavy (non-hydrogen) atoms. The summed E-state index contributed by atoms with van der Waals surface area (Å²) in [7, 11) is 0. The Hall–Kier alpha value is -1.46. The lowest BCUT2D eigenvalue weighted by molar-refractivity contribution is 0.804. The summed E-state index contributed by atoms with van der Waals surface area (Å²) in [6, 6.07) is 8.02. The number of para-hydroxylation sites is 1. The van der Waals surface area contributed by atoms with Crippen molar-refractivity contribution in [1.29, 1.82) is 0 Å². The Morgan fingerprint density at radius 3 is 2.95 bits per heavy atom. The molecule has 2 heterocycles. The number of aryl methyl sites for hydroxylation is 1. The van der Waals surface area contributed by atoms with E-state index >= 15 is 0 Å². The van der Waals surface area contributed by atoms with Crippen LogP contribution in [0.3, 0.4) is 0 Å². The summed E-state index contributed by atoms with van der Waals surface area (Å²) in [5.74, 6) is 0.856. The van der Waals surface area contributed by atoms with E-state index < -0.39 is 0 Å². The van der Waals surface area contributed by atoms with Crippen LogP contribution in [0.1, 0.15) is 19.2 Å². The van der Waals surface area contributed by atoms with Crippen molar-refractivity contribution in [3.8, 4) is 5.69 Å². The van der Waals surface area contributed by atoms with Crippen molar-refractivity contribution >= 4 is 38.4 Å². The van der Waals surface area contributed by atoms with Crippen LogP contribution in [0.25, 0.3) is 16.6 Å². The molecule has 0 amide bonds. The molecule has 0 spiro atoms. The molecule has 0 aliphatic carbocycles. The molecule has 0 radical (unpaired) electrons. The summed E-state index contributed by atoms with van der Waals surface area (Å²) in [4.78, 5) is 4.50. The quantitative estimate of drug-likeness (QED) is 0.711. The van der Waals surface area contributed by atoms with Crippen LogP contribution >= 0.6 is 27.5 Å². The minimum atomic E-state index is 0.366. The van der Waals surface area contributed by atoms with Gasteiger partial charge in [-0.1, -0.05) is 19.1 Å². The number of hydrogen-bond acceptors (Lipinski definition) is 3. The minimum absolute atomic E-state index is 0.366. The van der Waals surface area contributed by atoms with Gasteiger partial charge in [0.25, 0.3) is 0 Å². The van der Waals surface area contributed by atoms with E-state index in [-0.39, 0.29) is 0 Å². The molecule has 2 aromatic heterocycles. The fourth-order valence-corrected chi connectivity index (χ4v) is 2.79. The maximum atomic E-state index is 6.20. The third-order valence-electron chi connectivity index (χ3n) is 3.06. The summed E-state index contributed by atoms with van der Waals surface area (Å²) in [5, 5.41) is 9.54. The first-order valence-corrected chi connectivity index (χ1v) is 7.52. The molecule has 6 heteroatoms. The molecule has 0 atom stereocenters. The van der Waals surface area contributed by atoms with Gasteiger partial charge in [-0.25, -0.2) is 0 Å². The summed E-state index contributed by atoms with van der Waals surface area (Å²) in [6.07, 6.45) is 3.59. The van der Waals surface area contributed by atoms with E-state index in [1.807, 2.05) is 28.8 Å². The number of benzene rings is 1. The Kier molecular flexibility index (Phi) is 3.72. The standard InChI is InChI=1S/C14H12BrClN4/c1-2-4-12-18-19-14(16)20(12)11-6-3-5-9-7-10(15)8-17-13(9)11/h3,5-8H,2,4H2,1H3. The highest BCUT2D eigenvalue weighted by molar-refractivity contribution is 9.10. The van der Waals surface area contributed by atoms with Gasteiger partial charge in [-0.15, -0.1) is 10.2 Å². The Morgan fingerprint density at radius 1 is 1.30 bits per heavy atom. The topological polar surface area (TPSA) is 43.6 Å². The lowest BCUT2D eigenvalue weighted by Crippen LogP contribution is -2.03. The molecule has 0 aliphatic heterocycles. The van der Waals surface area contributed by atoms with Gasteiger partial charge in [-0.05, 0) is 46.1 Å². The van der Waals surface area contributed by atoms with Gasteiger partial charge in [0.1, 0.15) is 5.82 Å². The van der Waals surface area contributed by atoms with Gasteiger partial charge in [0, 0.05) is 22.5 Å². The maximum absolute atomic E-state index is 6.20. The molecule has 0 N–H and O–H groups in total. The van der Waals surface area contributed by atoms with E-state index in [0.717, 1.165) is 39.7 Å². The van der Waals surface area contributed by atoms with E-state index in [1.165, 1.54) is 0 Å². The molecular weight excluding hydrogens is 340 g/mol. The lowest BCUT2D eigenvalue weighted by atomic mass is 10.2. The zero-order valence-corrected chi connectivity index (χ0v) is 13.2. The number of nitrogens with zero attached hydrogens (tertiary/aromatic N) is 4. The van der Waals surface area contributed by atoms with Crippen molar-refractivity contribution in [1.82, 2.24) is 19.7 Å². The second-order valence-corrected chi connectivity index (χ2v) is 5.73.